The van der Waals surface area contributed by atoms with E-state index in [1.165, 1.54) is 12.1 Å². The van der Waals surface area contributed by atoms with Crippen molar-refractivity contribution < 1.29 is 9.50 Å². The molecule has 0 saturated carbocycles. The molecule has 1 heterocycles. The number of benzene rings is 1. The molecule has 0 bridgehead atoms. The fourth-order valence-electron chi connectivity index (χ4n) is 2.25. The van der Waals surface area contributed by atoms with Gasteiger partial charge >= 0.3 is 0 Å². The zero-order valence-electron chi connectivity index (χ0n) is 10.1. The predicted molar refractivity (Wildman–Crippen MR) is 65.5 cm³/mol. The minimum Gasteiger partial charge on any atom is -0.508 e. The first kappa shape index (κ1) is 12.8. The van der Waals surface area contributed by atoms with E-state index in [2.05, 4.69) is 11.4 Å². The van der Waals surface area contributed by atoms with Crippen molar-refractivity contribution in [1.82, 2.24) is 10.2 Å². The molecule has 0 aliphatic carbocycles. The van der Waals surface area contributed by atoms with Crippen LogP contribution in [-0.4, -0.2) is 36.2 Å². The second kappa shape index (κ2) is 5.80. The SMILES string of the molecule is N#CC(c1cc(O)cc(F)c1)N1CCCNCC1. The minimum absolute atomic E-state index is 0.141. The summed E-state index contributed by atoms with van der Waals surface area (Å²) in [5, 5.41) is 22.0. The number of aromatic hydroxyl groups is 1. The molecule has 4 nitrogen and oxygen atoms in total. The average molecular weight is 249 g/mol. The molecular weight excluding hydrogens is 233 g/mol. The lowest BCUT2D eigenvalue weighted by molar-refractivity contribution is 0.251. The van der Waals surface area contributed by atoms with E-state index >= 15 is 0 Å². The van der Waals surface area contributed by atoms with Gasteiger partial charge in [0.15, 0.2) is 0 Å². The highest BCUT2D eigenvalue weighted by Gasteiger charge is 2.21. The average Bonchev–Trinajstić information content (AvgIpc) is 2.58. The van der Waals surface area contributed by atoms with Crippen molar-refractivity contribution in [3.8, 4) is 11.8 Å². The quantitative estimate of drug-likeness (QED) is 0.831. The minimum atomic E-state index is -0.516. The zero-order chi connectivity index (χ0) is 13.0. The lowest BCUT2D eigenvalue weighted by atomic mass is 10.1. The Balaban J connectivity index is 2.24. The summed E-state index contributed by atoms with van der Waals surface area (Å²) >= 11 is 0. The van der Waals surface area contributed by atoms with Crippen LogP contribution in [0.5, 0.6) is 5.75 Å². The van der Waals surface area contributed by atoms with Gasteiger partial charge in [-0.3, -0.25) is 4.90 Å². The Bertz CT molecular complexity index is 430. The maximum atomic E-state index is 13.3. The van der Waals surface area contributed by atoms with Gasteiger partial charge in [0.05, 0.1) is 6.07 Å². The molecule has 1 aromatic carbocycles. The molecule has 0 amide bonds. The van der Waals surface area contributed by atoms with E-state index in [1.54, 1.807) is 0 Å². The summed E-state index contributed by atoms with van der Waals surface area (Å²) in [4.78, 5) is 2.01. The molecule has 1 fully saturated rings. The van der Waals surface area contributed by atoms with Crippen molar-refractivity contribution in [1.29, 1.82) is 5.26 Å². The van der Waals surface area contributed by atoms with Crippen LogP contribution in [0.2, 0.25) is 0 Å². The third-order valence-electron chi connectivity index (χ3n) is 3.08. The van der Waals surface area contributed by atoms with Crippen molar-refractivity contribution >= 4 is 0 Å². The second-order valence-electron chi connectivity index (χ2n) is 4.41. The molecule has 5 heteroatoms. The lowest BCUT2D eigenvalue weighted by Crippen LogP contribution is -2.31. The Hall–Kier alpha value is -1.64. The van der Waals surface area contributed by atoms with E-state index in [4.69, 9.17) is 0 Å². The Kier molecular flexibility index (Phi) is 4.13. The van der Waals surface area contributed by atoms with Gasteiger partial charge in [0.2, 0.25) is 0 Å². The Morgan fingerprint density at radius 3 is 2.89 bits per heavy atom. The normalized spacial score (nSPS) is 18.9. The number of nitriles is 1. The maximum Gasteiger partial charge on any atom is 0.127 e. The molecule has 18 heavy (non-hydrogen) atoms. The standard InChI is InChI=1S/C13H16FN3O/c14-11-6-10(7-12(18)8-11)13(9-15)17-4-1-2-16-3-5-17/h6-8,13,16,18H,1-5H2. The highest BCUT2D eigenvalue weighted by molar-refractivity contribution is 5.33. The fraction of sp³-hybridized carbons (Fsp3) is 0.462. The monoisotopic (exact) mass is 249 g/mol. The third kappa shape index (κ3) is 2.97. The molecule has 0 aromatic heterocycles. The summed E-state index contributed by atoms with van der Waals surface area (Å²) in [6.07, 6.45) is 0.958. The number of hydrogen-bond acceptors (Lipinski definition) is 4. The van der Waals surface area contributed by atoms with Crippen molar-refractivity contribution in [2.24, 2.45) is 0 Å². The number of phenolic OH excluding ortho intramolecular Hbond substituents is 1. The van der Waals surface area contributed by atoms with Gasteiger partial charge in [-0.2, -0.15) is 5.26 Å². The molecule has 1 saturated heterocycles. The summed E-state index contributed by atoms with van der Waals surface area (Å²) in [5.41, 5.74) is 0.511. The molecule has 1 unspecified atom stereocenters. The molecule has 1 atom stereocenters. The van der Waals surface area contributed by atoms with Crippen LogP contribution in [-0.2, 0) is 0 Å². The van der Waals surface area contributed by atoms with Gasteiger partial charge in [0, 0.05) is 25.7 Å². The fourth-order valence-corrected chi connectivity index (χ4v) is 2.25. The smallest absolute Gasteiger partial charge is 0.127 e. The van der Waals surface area contributed by atoms with E-state index in [9.17, 15) is 14.8 Å². The van der Waals surface area contributed by atoms with Crippen molar-refractivity contribution in [2.75, 3.05) is 26.2 Å². The Morgan fingerprint density at radius 1 is 1.33 bits per heavy atom. The Morgan fingerprint density at radius 2 is 2.17 bits per heavy atom. The molecule has 96 valence electrons. The van der Waals surface area contributed by atoms with Gasteiger partial charge in [-0.25, -0.2) is 4.39 Å². The molecule has 2 rings (SSSR count). The first-order chi connectivity index (χ1) is 8.70. The predicted octanol–water partition coefficient (Wildman–Crippen LogP) is 1.39. The van der Waals surface area contributed by atoms with E-state index in [0.29, 0.717) is 5.56 Å². The van der Waals surface area contributed by atoms with Gasteiger partial charge in [-0.15, -0.1) is 0 Å². The van der Waals surface area contributed by atoms with Crippen LogP contribution in [0.15, 0.2) is 18.2 Å². The lowest BCUT2D eigenvalue weighted by Gasteiger charge is -2.25. The van der Waals surface area contributed by atoms with Crippen molar-refractivity contribution in [3.63, 3.8) is 0 Å². The first-order valence-electron chi connectivity index (χ1n) is 6.04. The van der Waals surface area contributed by atoms with E-state index in [1.807, 2.05) is 4.90 Å². The van der Waals surface area contributed by atoms with E-state index in [0.717, 1.165) is 38.7 Å². The Labute approximate surface area is 106 Å². The zero-order valence-corrected chi connectivity index (χ0v) is 10.1. The van der Waals surface area contributed by atoms with Crippen molar-refractivity contribution in [2.45, 2.75) is 12.5 Å². The van der Waals surface area contributed by atoms with Crippen LogP contribution in [0.25, 0.3) is 0 Å². The van der Waals surface area contributed by atoms with Gasteiger partial charge in [0.1, 0.15) is 17.6 Å². The summed E-state index contributed by atoms with van der Waals surface area (Å²) in [5.74, 6) is -0.656. The van der Waals surface area contributed by atoms with Gasteiger partial charge in [-0.1, -0.05) is 0 Å². The molecule has 1 aliphatic heterocycles. The third-order valence-corrected chi connectivity index (χ3v) is 3.08. The molecule has 0 radical (unpaired) electrons. The molecule has 2 N–H and O–H groups in total. The number of hydrogen-bond donors (Lipinski definition) is 2. The van der Waals surface area contributed by atoms with Crippen LogP contribution in [0.3, 0.4) is 0 Å². The van der Waals surface area contributed by atoms with Crippen LogP contribution in [0.1, 0.15) is 18.0 Å². The van der Waals surface area contributed by atoms with E-state index in [-0.39, 0.29) is 5.75 Å². The summed E-state index contributed by atoms with van der Waals surface area (Å²) in [6.45, 7) is 3.29. The van der Waals surface area contributed by atoms with Crippen LogP contribution in [0.4, 0.5) is 4.39 Å². The number of rotatable bonds is 2. The number of nitrogens with one attached hydrogen (secondary N) is 1. The number of halogens is 1. The largest absolute Gasteiger partial charge is 0.508 e. The number of phenols is 1. The number of nitrogens with zero attached hydrogens (tertiary/aromatic N) is 2. The van der Waals surface area contributed by atoms with E-state index < -0.39 is 11.9 Å². The van der Waals surface area contributed by atoms with Crippen LogP contribution in [0, 0.1) is 17.1 Å². The second-order valence-corrected chi connectivity index (χ2v) is 4.41. The van der Waals surface area contributed by atoms with Crippen molar-refractivity contribution in [3.05, 3.63) is 29.6 Å². The highest BCUT2D eigenvalue weighted by atomic mass is 19.1. The topological polar surface area (TPSA) is 59.3 Å². The molecule has 1 aromatic rings. The molecule has 0 spiro atoms. The van der Waals surface area contributed by atoms with Gasteiger partial charge in [0.25, 0.3) is 0 Å². The summed E-state index contributed by atoms with van der Waals surface area (Å²) in [7, 11) is 0. The highest BCUT2D eigenvalue weighted by Crippen LogP contribution is 2.25. The summed E-state index contributed by atoms with van der Waals surface area (Å²) in [6, 6.07) is 5.49. The molecule has 1 aliphatic rings. The maximum absolute atomic E-state index is 13.3. The van der Waals surface area contributed by atoms with Gasteiger partial charge < -0.3 is 10.4 Å². The van der Waals surface area contributed by atoms with Gasteiger partial charge in [-0.05, 0) is 30.7 Å². The first-order valence-corrected chi connectivity index (χ1v) is 6.04. The molecular formula is C13H16FN3O. The van der Waals surface area contributed by atoms with Crippen LogP contribution >= 0.6 is 0 Å². The van der Waals surface area contributed by atoms with Crippen LogP contribution < -0.4 is 5.32 Å². The summed E-state index contributed by atoms with van der Waals surface area (Å²) < 4.78 is 13.3.